The van der Waals surface area contributed by atoms with Crippen molar-refractivity contribution in [1.29, 1.82) is 0 Å². The molecule has 0 radical (unpaired) electrons. The van der Waals surface area contributed by atoms with Gasteiger partial charge < -0.3 is 15.3 Å². The van der Waals surface area contributed by atoms with Gasteiger partial charge in [-0.3, -0.25) is 0 Å². The van der Waals surface area contributed by atoms with Crippen LogP contribution in [0.2, 0.25) is 0 Å². The Morgan fingerprint density at radius 1 is 1.36 bits per heavy atom. The van der Waals surface area contributed by atoms with E-state index < -0.39 is 0 Å². The molecule has 118 valence electrons. The van der Waals surface area contributed by atoms with Crippen molar-refractivity contribution in [3.63, 3.8) is 0 Å². The van der Waals surface area contributed by atoms with E-state index in [1.165, 1.54) is 4.88 Å². The molecular formula is C16H22N4OS. The number of nitrogens with one attached hydrogen (secondary N) is 1. The van der Waals surface area contributed by atoms with E-state index in [1.807, 2.05) is 19.2 Å². The van der Waals surface area contributed by atoms with Gasteiger partial charge in [-0.25, -0.2) is 9.97 Å². The molecule has 0 unspecified atom stereocenters. The summed E-state index contributed by atoms with van der Waals surface area (Å²) < 4.78 is 0. The quantitative estimate of drug-likeness (QED) is 0.907. The molecule has 2 N–H and O–H groups in total. The average molecular weight is 318 g/mol. The summed E-state index contributed by atoms with van der Waals surface area (Å²) in [7, 11) is 0. The Hall–Kier alpha value is -1.66. The molecule has 1 fully saturated rings. The topological polar surface area (TPSA) is 61.3 Å². The van der Waals surface area contributed by atoms with Gasteiger partial charge in [-0.2, -0.15) is 0 Å². The number of anilines is 2. The first-order valence-corrected chi connectivity index (χ1v) is 8.50. The number of hydrogen-bond donors (Lipinski definition) is 2. The number of rotatable bonds is 4. The van der Waals surface area contributed by atoms with Crippen LogP contribution in [0.1, 0.15) is 28.4 Å². The van der Waals surface area contributed by atoms with Crippen LogP contribution in [0, 0.1) is 13.8 Å². The van der Waals surface area contributed by atoms with Crippen LogP contribution in [0.15, 0.2) is 18.3 Å². The monoisotopic (exact) mass is 318 g/mol. The maximum atomic E-state index is 9.66. The van der Waals surface area contributed by atoms with Crippen LogP contribution in [0.5, 0.6) is 0 Å². The molecule has 3 heterocycles. The first kappa shape index (κ1) is 15.2. The Labute approximate surface area is 135 Å². The number of thiazole rings is 1. The van der Waals surface area contributed by atoms with Crippen molar-refractivity contribution in [2.24, 2.45) is 0 Å². The van der Waals surface area contributed by atoms with Gasteiger partial charge in [-0.05, 0) is 38.8 Å². The van der Waals surface area contributed by atoms with Crippen molar-refractivity contribution in [3.8, 4) is 0 Å². The molecule has 6 heteroatoms. The molecule has 1 aliphatic heterocycles. The van der Waals surface area contributed by atoms with Crippen molar-refractivity contribution >= 4 is 22.8 Å². The van der Waals surface area contributed by atoms with Gasteiger partial charge in [0.15, 0.2) is 5.82 Å². The fourth-order valence-corrected chi connectivity index (χ4v) is 3.65. The van der Waals surface area contributed by atoms with Crippen LogP contribution < -0.4 is 10.2 Å². The summed E-state index contributed by atoms with van der Waals surface area (Å²) in [6.45, 7) is 6.57. The number of aliphatic hydroxyl groups is 1. The SMILES string of the molecule is Cc1nc(C)c(CNc2cccnc2N2CCC(O)CC2)s1. The molecule has 1 aliphatic rings. The minimum atomic E-state index is -0.167. The van der Waals surface area contributed by atoms with E-state index >= 15 is 0 Å². The minimum absolute atomic E-state index is 0.167. The molecule has 0 bridgehead atoms. The number of hydrogen-bond acceptors (Lipinski definition) is 6. The Morgan fingerprint density at radius 2 is 2.14 bits per heavy atom. The zero-order valence-electron chi connectivity index (χ0n) is 13.0. The summed E-state index contributed by atoms with van der Waals surface area (Å²) in [6, 6.07) is 4.02. The first-order chi connectivity index (χ1) is 10.6. The normalized spacial score (nSPS) is 16.0. The standard InChI is InChI=1S/C16H22N4OS/c1-11-15(22-12(2)19-11)10-18-14-4-3-7-17-16(14)20-8-5-13(21)6-9-20/h3-4,7,13,18,21H,5-6,8-10H2,1-2H3. The summed E-state index contributed by atoms with van der Waals surface area (Å²) in [4.78, 5) is 12.5. The lowest BCUT2D eigenvalue weighted by atomic mass is 10.1. The summed E-state index contributed by atoms with van der Waals surface area (Å²) in [5.74, 6) is 0.980. The number of pyridine rings is 1. The summed E-state index contributed by atoms with van der Waals surface area (Å²) in [5, 5.41) is 14.3. The van der Waals surface area contributed by atoms with Gasteiger partial charge in [0.2, 0.25) is 0 Å². The molecule has 5 nitrogen and oxygen atoms in total. The molecule has 0 spiro atoms. The molecule has 3 rings (SSSR count). The minimum Gasteiger partial charge on any atom is -0.393 e. The summed E-state index contributed by atoms with van der Waals surface area (Å²) >= 11 is 1.73. The smallest absolute Gasteiger partial charge is 0.151 e. The zero-order valence-corrected chi connectivity index (χ0v) is 13.9. The van der Waals surface area contributed by atoms with E-state index in [1.54, 1.807) is 11.3 Å². The summed E-state index contributed by atoms with van der Waals surface area (Å²) in [5.41, 5.74) is 2.14. The molecule has 2 aromatic rings. The van der Waals surface area contributed by atoms with Gasteiger partial charge in [-0.15, -0.1) is 11.3 Å². The number of aliphatic hydroxyl groups excluding tert-OH is 1. The first-order valence-electron chi connectivity index (χ1n) is 7.68. The fraction of sp³-hybridized carbons (Fsp3) is 0.500. The zero-order chi connectivity index (χ0) is 15.5. The van der Waals surface area contributed by atoms with E-state index in [4.69, 9.17) is 0 Å². The van der Waals surface area contributed by atoms with Crippen molar-refractivity contribution in [2.75, 3.05) is 23.3 Å². The van der Waals surface area contributed by atoms with Crippen molar-refractivity contribution in [1.82, 2.24) is 9.97 Å². The molecule has 2 aromatic heterocycles. The second kappa shape index (κ2) is 6.62. The highest BCUT2D eigenvalue weighted by atomic mass is 32.1. The third-order valence-corrected chi connectivity index (χ3v) is 5.06. The van der Waals surface area contributed by atoms with E-state index in [2.05, 4.69) is 33.2 Å². The largest absolute Gasteiger partial charge is 0.393 e. The van der Waals surface area contributed by atoms with Crippen LogP contribution in [-0.2, 0) is 6.54 Å². The van der Waals surface area contributed by atoms with Crippen LogP contribution in [0.4, 0.5) is 11.5 Å². The third-order valence-electron chi connectivity index (χ3n) is 3.99. The van der Waals surface area contributed by atoms with Crippen molar-refractivity contribution in [2.45, 2.75) is 39.3 Å². The second-order valence-corrected chi connectivity index (χ2v) is 6.98. The Morgan fingerprint density at radius 3 is 2.82 bits per heavy atom. The van der Waals surface area contributed by atoms with Gasteiger partial charge in [0.25, 0.3) is 0 Å². The second-order valence-electron chi connectivity index (χ2n) is 5.69. The van der Waals surface area contributed by atoms with Gasteiger partial charge in [0, 0.05) is 24.2 Å². The molecule has 0 atom stereocenters. The highest BCUT2D eigenvalue weighted by molar-refractivity contribution is 7.11. The maximum absolute atomic E-state index is 9.66. The lowest BCUT2D eigenvalue weighted by molar-refractivity contribution is 0.145. The molecule has 1 saturated heterocycles. The number of aryl methyl sites for hydroxylation is 2. The van der Waals surface area contributed by atoms with E-state index in [-0.39, 0.29) is 6.10 Å². The van der Waals surface area contributed by atoms with Crippen LogP contribution in [0.3, 0.4) is 0 Å². The number of nitrogens with zero attached hydrogens (tertiary/aromatic N) is 3. The van der Waals surface area contributed by atoms with Gasteiger partial charge in [0.05, 0.1) is 29.0 Å². The van der Waals surface area contributed by atoms with E-state index in [0.717, 1.165) is 54.7 Å². The molecular weight excluding hydrogens is 296 g/mol. The van der Waals surface area contributed by atoms with Crippen LogP contribution >= 0.6 is 11.3 Å². The van der Waals surface area contributed by atoms with Gasteiger partial charge in [-0.1, -0.05) is 0 Å². The summed E-state index contributed by atoms with van der Waals surface area (Å²) in [6.07, 6.45) is 3.28. The van der Waals surface area contributed by atoms with Crippen LogP contribution in [-0.4, -0.2) is 34.3 Å². The molecule has 22 heavy (non-hydrogen) atoms. The van der Waals surface area contributed by atoms with E-state index in [9.17, 15) is 5.11 Å². The predicted molar refractivity (Wildman–Crippen MR) is 90.6 cm³/mol. The number of piperidine rings is 1. The van der Waals surface area contributed by atoms with Crippen molar-refractivity contribution < 1.29 is 5.11 Å². The number of aromatic nitrogens is 2. The lowest BCUT2D eigenvalue weighted by Gasteiger charge is -2.31. The van der Waals surface area contributed by atoms with Crippen LogP contribution in [0.25, 0.3) is 0 Å². The molecule has 0 saturated carbocycles. The Bertz CT molecular complexity index is 635. The highest BCUT2D eigenvalue weighted by Crippen LogP contribution is 2.27. The Balaban J connectivity index is 1.72. The molecule has 0 aromatic carbocycles. The Kier molecular flexibility index (Phi) is 4.59. The fourth-order valence-electron chi connectivity index (χ4n) is 2.78. The van der Waals surface area contributed by atoms with Gasteiger partial charge >= 0.3 is 0 Å². The maximum Gasteiger partial charge on any atom is 0.151 e. The highest BCUT2D eigenvalue weighted by Gasteiger charge is 2.20. The van der Waals surface area contributed by atoms with E-state index in [0.29, 0.717) is 0 Å². The third kappa shape index (κ3) is 3.39. The average Bonchev–Trinajstić information content (AvgIpc) is 2.84. The lowest BCUT2D eigenvalue weighted by Crippen LogP contribution is -2.36. The van der Waals surface area contributed by atoms with Crippen molar-refractivity contribution in [3.05, 3.63) is 33.9 Å². The molecule has 0 aliphatic carbocycles. The molecule has 0 amide bonds. The van der Waals surface area contributed by atoms with Gasteiger partial charge in [0.1, 0.15) is 0 Å². The predicted octanol–water partition coefficient (Wildman–Crippen LogP) is 2.73.